The van der Waals surface area contributed by atoms with Gasteiger partial charge in [0, 0.05) is 18.1 Å². The van der Waals surface area contributed by atoms with Crippen LogP contribution in [0.15, 0.2) is 30.5 Å². The molecule has 1 heterocycles. The van der Waals surface area contributed by atoms with Gasteiger partial charge in [0.15, 0.2) is 5.69 Å². The van der Waals surface area contributed by atoms with Crippen LogP contribution in [-0.2, 0) is 6.54 Å². The van der Waals surface area contributed by atoms with Gasteiger partial charge in [0.25, 0.3) is 5.91 Å². The third-order valence-electron chi connectivity index (χ3n) is 3.14. The zero-order valence-electron chi connectivity index (χ0n) is 11.7. The number of aromatic nitrogens is 3. The van der Waals surface area contributed by atoms with Crippen LogP contribution in [0.25, 0.3) is 0 Å². The Morgan fingerprint density at radius 1 is 1.40 bits per heavy atom. The average molecular weight is 293 g/mol. The van der Waals surface area contributed by atoms with E-state index < -0.39 is 0 Å². The van der Waals surface area contributed by atoms with Gasteiger partial charge >= 0.3 is 0 Å². The van der Waals surface area contributed by atoms with Crippen molar-refractivity contribution >= 4 is 17.5 Å². The Kier molecular flexibility index (Phi) is 4.39. The summed E-state index contributed by atoms with van der Waals surface area (Å²) in [5.41, 5.74) is 1.28. The maximum absolute atomic E-state index is 12.1. The normalized spacial score (nSPS) is 10.8. The van der Waals surface area contributed by atoms with Crippen molar-refractivity contribution in [3.63, 3.8) is 0 Å². The molecule has 0 fully saturated rings. The first-order valence-electron chi connectivity index (χ1n) is 6.39. The second-order valence-electron chi connectivity index (χ2n) is 4.90. The van der Waals surface area contributed by atoms with Crippen molar-refractivity contribution in [2.24, 2.45) is 0 Å². The van der Waals surface area contributed by atoms with Crippen LogP contribution in [0.1, 0.15) is 29.9 Å². The van der Waals surface area contributed by atoms with Gasteiger partial charge in [-0.1, -0.05) is 35.0 Å². The summed E-state index contributed by atoms with van der Waals surface area (Å²) >= 11 is 6.10. The lowest BCUT2D eigenvalue weighted by Crippen LogP contribution is -2.33. The van der Waals surface area contributed by atoms with Crippen LogP contribution >= 0.6 is 11.6 Å². The number of nitrogens with zero attached hydrogens (tertiary/aromatic N) is 4. The highest BCUT2D eigenvalue weighted by Crippen LogP contribution is 2.16. The molecule has 0 radical (unpaired) electrons. The molecule has 0 saturated heterocycles. The quantitative estimate of drug-likeness (QED) is 0.870. The van der Waals surface area contributed by atoms with Crippen molar-refractivity contribution in [3.05, 3.63) is 46.7 Å². The molecule has 0 atom stereocenters. The van der Waals surface area contributed by atoms with Crippen molar-refractivity contribution < 1.29 is 4.79 Å². The molecule has 6 heteroatoms. The van der Waals surface area contributed by atoms with E-state index in [0.29, 0.717) is 17.3 Å². The molecule has 2 aromatic rings. The summed E-state index contributed by atoms with van der Waals surface area (Å²) in [5, 5.41) is 8.58. The molecule has 0 aliphatic heterocycles. The number of amides is 1. The minimum absolute atomic E-state index is 0.121. The summed E-state index contributed by atoms with van der Waals surface area (Å²) < 4.78 is 1.61. The SMILES string of the molecule is CC(C)N(C)C(=O)c1cn(Cc2ccccc2Cl)nn1. The van der Waals surface area contributed by atoms with Gasteiger partial charge in [-0.25, -0.2) is 4.68 Å². The van der Waals surface area contributed by atoms with Crippen LogP contribution in [-0.4, -0.2) is 38.9 Å². The number of halogens is 1. The van der Waals surface area contributed by atoms with E-state index in [4.69, 9.17) is 11.6 Å². The Balaban J connectivity index is 2.14. The van der Waals surface area contributed by atoms with Gasteiger partial charge in [0.1, 0.15) is 0 Å². The standard InChI is InChI=1S/C14H17ClN4O/c1-10(2)18(3)14(20)13-9-19(17-16-13)8-11-6-4-5-7-12(11)15/h4-7,9-10H,8H2,1-3H3. The molecule has 2 rings (SSSR count). The molecule has 5 nitrogen and oxygen atoms in total. The Morgan fingerprint density at radius 2 is 2.10 bits per heavy atom. The van der Waals surface area contributed by atoms with Crippen LogP contribution in [0.4, 0.5) is 0 Å². The Hall–Kier alpha value is -1.88. The molecule has 0 aliphatic carbocycles. The molecule has 106 valence electrons. The summed E-state index contributed by atoms with van der Waals surface area (Å²) in [6.07, 6.45) is 1.64. The second kappa shape index (κ2) is 6.05. The van der Waals surface area contributed by atoms with Crippen LogP contribution in [0, 0.1) is 0 Å². The Morgan fingerprint density at radius 3 is 2.75 bits per heavy atom. The van der Waals surface area contributed by atoms with Gasteiger partial charge in [-0.05, 0) is 25.5 Å². The minimum atomic E-state index is -0.134. The summed E-state index contributed by atoms with van der Waals surface area (Å²) in [5.74, 6) is -0.134. The first kappa shape index (κ1) is 14.5. The summed E-state index contributed by atoms with van der Waals surface area (Å²) in [6.45, 7) is 4.39. The van der Waals surface area contributed by atoms with Crippen molar-refractivity contribution in [3.8, 4) is 0 Å². The number of hydrogen-bond donors (Lipinski definition) is 0. The maximum Gasteiger partial charge on any atom is 0.276 e. The predicted molar refractivity (Wildman–Crippen MR) is 77.8 cm³/mol. The van der Waals surface area contributed by atoms with E-state index >= 15 is 0 Å². The fraction of sp³-hybridized carbons (Fsp3) is 0.357. The topological polar surface area (TPSA) is 51.0 Å². The third kappa shape index (κ3) is 3.17. The van der Waals surface area contributed by atoms with Crippen molar-refractivity contribution in [1.29, 1.82) is 0 Å². The average Bonchev–Trinajstić information content (AvgIpc) is 2.88. The van der Waals surface area contributed by atoms with Crippen molar-refractivity contribution in [1.82, 2.24) is 19.9 Å². The number of carbonyl (C=O) groups is 1. The van der Waals surface area contributed by atoms with Gasteiger partial charge in [0.05, 0.1) is 12.7 Å². The van der Waals surface area contributed by atoms with Crippen LogP contribution in [0.3, 0.4) is 0 Å². The molecule has 0 spiro atoms. The highest BCUT2D eigenvalue weighted by atomic mass is 35.5. The fourth-order valence-corrected chi connectivity index (χ4v) is 1.89. The monoisotopic (exact) mass is 292 g/mol. The minimum Gasteiger partial charge on any atom is -0.338 e. The third-order valence-corrected chi connectivity index (χ3v) is 3.51. The summed E-state index contributed by atoms with van der Waals surface area (Å²) in [4.78, 5) is 13.7. The molecule has 0 N–H and O–H groups in total. The van der Waals surface area contributed by atoms with E-state index in [-0.39, 0.29) is 11.9 Å². The molecule has 0 bridgehead atoms. The lowest BCUT2D eigenvalue weighted by Gasteiger charge is -2.19. The van der Waals surface area contributed by atoms with E-state index in [1.807, 2.05) is 38.1 Å². The number of benzene rings is 1. The zero-order valence-corrected chi connectivity index (χ0v) is 12.5. The van der Waals surface area contributed by atoms with Gasteiger partial charge in [-0.15, -0.1) is 5.10 Å². The van der Waals surface area contributed by atoms with Gasteiger partial charge in [-0.3, -0.25) is 4.79 Å². The molecule has 0 aliphatic rings. The number of carbonyl (C=O) groups excluding carboxylic acids is 1. The molecule has 1 aromatic carbocycles. The molecule has 20 heavy (non-hydrogen) atoms. The predicted octanol–water partition coefficient (Wildman–Crippen LogP) is 2.46. The Labute approximate surface area is 123 Å². The van der Waals surface area contributed by atoms with Gasteiger partial charge < -0.3 is 4.90 Å². The van der Waals surface area contributed by atoms with Gasteiger partial charge in [-0.2, -0.15) is 0 Å². The molecular formula is C14H17ClN4O. The van der Waals surface area contributed by atoms with Crippen molar-refractivity contribution in [2.75, 3.05) is 7.05 Å². The summed E-state index contributed by atoms with van der Waals surface area (Å²) in [7, 11) is 1.75. The van der Waals surface area contributed by atoms with Crippen LogP contribution < -0.4 is 0 Å². The lowest BCUT2D eigenvalue weighted by atomic mass is 10.2. The molecule has 1 amide bonds. The second-order valence-corrected chi connectivity index (χ2v) is 5.31. The van der Waals surface area contributed by atoms with Gasteiger partial charge in [0.2, 0.25) is 0 Å². The van der Waals surface area contributed by atoms with E-state index in [1.54, 1.807) is 22.8 Å². The van der Waals surface area contributed by atoms with E-state index in [9.17, 15) is 4.79 Å². The van der Waals surface area contributed by atoms with Crippen LogP contribution in [0.2, 0.25) is 5.02 Å². The highest BCUT2D eigenvalue weighted by Gasteiger charge is 2.17. The van der Waals surface area contributed by atoms with E-state index in [2.05, 4.69) is 10.3 Å². The first-order valence-corrected chi connectivity index (χ1v) is 6.77. The van der Waals surface area contributed by atoms with E-state index in [1.165, 1.54) is 0 Å². The number of hydrogen-bond acceptors (Lipinski definition) is 3. The fourth-order valence-electron chi connectivity index (χ4n) is 1.69. The Bertz CT molecular complexity index is 609. The maximum atomic E-state index is 12.1. The largest absolute Gasteiger partial charge is 0.338 e. The summed E-state index contributed by atoms with van der Waals surface area (Å²) in [6, 6.07) is 7.66. The van der Waals surface area contributed by atoms with Crippen molar-refractivity contribution in [2.45, 2.75) is 26.4 Å². The van der Waals surface area contributed by atoms with Crippen LogP contribution in [0.5, 0.6) is 0 Å². The molecule has 0 unspecified atom stereocenters. The highest BCUT2D eigenvalue weighted by molar-refractivity contribution is 6.31. The number of rotatable bonds is 4. The molecular weight excluding hydrogens is 276 g/mol. The molecule has 0 saturated carbocycles. The smallest absolute Gasteiger partial charge is 0.276 e. The first-order chi connectivity index (χ1) is 9.49. The van der Waals surface area contributed by atoms with E-state index in [0.717, 1.165) is 5.56 Å². The zero-order chi connectivity index (χ0) is 14.7. The molecule has 1 aromatic heterocycles. The lowest BCUT2D eigenvalue weighted by molar-refractivity contribution is 0.0749.